The number of fused-ring (bicyclic) bond motifs is 10. The standard InChI is InChI=1S/C98H54B3F8N5O3/c102-64-38-65(103)43-72(42-64)110-82-28-26-59(55-18-8-2-9-19-55)30-76(82)99-78-50-79-85(51-84(78)112(74-46-68(106)40-69(107)47-74)87-35-63(34-86(110)92(87)99)98(115)116-53-54-16-6-1-7-17-54)113(75-48-70(108)41-71(109)49-75)89-52-88-93-97-94(89)101(79)81-33-62(58-24-14-5-15-25-58)37-91-96(81)114(97)95-80(32-61(36-90(95)117-91)57-22-12-4-13-23-57)100(93)77-31-60(56-20-10-3-11-21-56)27-29-83(77)111(88)73-44-66(104)39-67(105)45-73/h1-52H,53H2. The first-order valence-corrected chi connectivity index (χ1v) is 38.3. The molecule has 0 atom stereocenters. The summed E-state index contributed by atoms with van der Waals surface area (Å²) >= 11 is 0. The van der Waals surface area contributed by atoms with Crippen LogP contribution in [-0.4, -0.2) is 26.1 Å². The predicted molar refractivity (Wildman–Crippen MR) is 451 cm³/mol. The fourth-order valence-electron chi connectivity index (χ4n) is 19.2. The Balaban J connectivity index is 0.878. The van der Waals surface area contributed by atoms with Gasteiger partial charge < -0.3 is 34.0 Å². The number of benzene rings is 16. The van der Waals surface area contributed by atoms with Crippen molar-refractivity contribution in [1.29, 1.82) is 0 Å². The lowest BCUT2D eigenvalue weighted by Gasteiger charge is -2.53. The van der Waals surface area contributed by atoms with Crippen LogP contribution in [0.4, 0.5) is 120 Å². The Morgan fingerprint density at radius 3 is 0.966 bits per heavy atom. The lowest BCUT2D eigenvalue weighted by Crippen LogP contribution is -2.69. The molecule has 0 radical (unpaired) electrons. The van der Waals surface area contributed by atoms with E-state index in [1.165, 1.54) is 48.5 Å². The molecule has 23 rings (SSSR count). The quantitative estimate of drug-likeness (QED) is 0.0721. The van der Waals surface area contributed by atoms with Crippen LogP contribution in [0, 0.1) is 46.5 Å². The van der Waals surface area contributed by atoms with E-state index in [0.29, 0.717) is 89.9 Å². The highest BCUT2D eigenvalue weighted by Gasteiger charge is 2.56. The number of ether oxygens (including phenoxy) is 2. The molecule has 7 heterocycles. The fourth-order valence-corrected chi connectivity index (χ4v) is 19.2. The normalized spacial score (nSPS) is 13.5. The molecule has 7 aliphatic heterocycles. The van der Waals surface area contributed by atoms with E-state index in [0.717, 1.165) is 90.6 Å². The number of hydrogen-bond donors (Lipinski definition) is 0. The number of esters is 1. The highest BCUT2D eigenvalue weighted by molar-refractivity contribution is 7.06. The number of nitrogens with zero attached hydrogens (tertiary/aromatic N) is 5. The lowest BCUT2D eigenvalue weighted by atomic mass is 9.27. The maximum atomic E-state index is 17.2. The third-order valence-electron chi connectivity index (χ3n) is 23.8. The van der Waals surface area contributed by atoms with Crippen molar-refractivity contribution < 1.29 is 49.4 Å². The summed E-state index contributed by atoms with van der Waals surface area (Å²) in [5.41, 5.74) is 18.5. The molecule has 7 aliphatic rings. The van der Waals surface area contributed by atoms with E-state index in [4.69, 9.17) is 9.47 Å². The molecule has 0 N–H and O–H groups in total. The minimum absolute atomic E-state index is 0.00818. The number of halogens is 8. The van der Waals surface area contributed by atoms with Crippen LogP contribution < -0.4 is 78.4 Å². The van der Waals surface area contributed by atoms with Gasteiger partial charge in [0.05, 0.1) is 39.7 Å². The third-order valence-corrected chi connectivity index (χ3v) is 23.8. The minimum atomic E-state index is -0.963. The number of anilines is 15. The zero-order chi connectivity index (χ0) is 78.5. The van der Waals surface area contributed by atoms with Crippen molar-refractivity contribution in [2.75, 3.05) is 24.5 Å². The zero-order valence-corrected chi connectivity index (χ0v) is 61.4. The molecule has 0 unspecified atom stereocenters. The highest BCUT2D eigenvalue weighted by atomic mass is 19.2. The van der Waals surface area contributed by atoms with E-state index < -0.39 is 72.6 Å². The van der Waals surface area contributed by atoms with Crippen molar-refractivity contribution >= 4 is 161 Å². The van der Waals surface area contributed by atoms with Gasteiger partial charge in [-0.25, -0.2) is 39.9 Å². The van der Waals surface area contributed by atoms with E-state index in [-0.39, 0.29) is 52.0 Å². The maximum absolute atomic E-state index is 17.2. The molecule has 554 valence electrons. The molecule has 0 saturated heterocycles. The van der Waals surface area contributed by atoms with Crippen LogP contribution in [0.3, 0.4) is 0 Å². The Labute approximate surface area is 666 Å². The van der Waals surface area contributed by atoms with Gasteiger partial charge in [0, 0.05) is 75.5 Å². The first kappa shape index (κ1) is 68.1. The molecule has 19 heteroatoms. The van der Waals surface area contributed by atoms with Crippen LogP contribution in [0.1, 0.15) is 15.9 Å². The van der Waals surface area contributed by atoms with Crippen molar-refractivity contribution in [1.82, 2.24) is 0 Å². The average Bonchev–Trinajstić information content (AvgIpc) is 0.656. The molecule has 16 aromatic rings. The van der Waals surface area contributed by atoms with Crippen molar-refractivity contribution in [2.24, 2.45) is 0 Å². The Kier molecular flexibility index (Phi) is 15.0. The van der Waals surface area contributed by atoms with Crippen LogP contribution in [0.15, 0.2) is 315 Å². The second-order valence-electron chi connectivity index (χ2n) is 30.5. The maximum Gasteiger partial charge on any atom is 0.338 e. The monoisotopic (exact) mass is 1530 g/mol. The van der Waals surface area contributed by atoms with E-state index in [1.807, 2.05) is 181 Å². The van der Waals surface area contributed by atoms with Gasteiger partial charge >= 0.3 is 5.97 Å². The summed E-state index contributed by atoms with van der Waals surface area (Å²) in [6.07, 6.45) is 0. The molecule has 0 bridgehead atoms. The summed E-state index contributed by atoms with van der Waals surface area (Å²) in [6.45, 7) is -2.70. The number of rotatable bonds is 11. The Hall–Kier alpha value is -14.6. The van der Waals surface area contributed by atoms with Gasteiger partial charge in [0.2, 0.25) is 0 Å². The molecule has 8 nitrogen and oxygen atoms in total. The molecule has 0 amide bonds. The lowest BCUT2D eigenvalue weighted by molar-refractivity contribution is 0.0472. The largest absolute Gasteiger partial charge is 0.457 e. The van der Waals surface area contributed by atoms with Crippen molar-refractivity contribution in [2.45, 2.75) is 6.61 Å². The van der Waals surface area contributed by atoms with Crippen LogP contribution in [-0.2, 0) is 11.3 Å². The summed E-state index contributed by atoms with van der Waals surface area (Å²) in [7, 11) is 0. The van der Waals surface area contributed by atoms with E-state index in [2.05, 4.69) is 47.4 Å². The minimum Gasteiger partial charge on any atom is -0.457 e. The smallest absolute Gasteiger partial charge is 0.338 e. The van der Waals surface area contributed by atoms with E-state index in [1.54, 1.807) is 39.0 Å². The summed E-state index contributed by atoms with van der Waals surface area (Å²) in [5.74, 6) is -7.06. The molecule has 0 aliphatic carbocycles. The van der Waals surface area contributed by atoms with Gasteiger partial charge in [0.1, 0.15) is 53.1 Å². The molecule has 16 aromatic carbocycles. The first-order valence-electron chi connectivity index (χ1n) is 38.3. The first-order chi connectivity index (χ1) is 57.2. The van der Waals surface area contributed by atoms with Crippen molar-refractivity contribution in [3.05, 3.63) is 373 Å². The molecule has 0 aromatic heterocycles. The second kappa shape index (κ2) is 25.7. The van der Waals surface area contributed by atoms with Gasteiger partial charge in [0.15, 0.2) is 11.5 Å². The van der Waals surface area contributed by atoms with Gasteiger partial charge in [-0.05, 0) is 196 Å². The molecule has 0 saturated carbocycles. The van der Waals surface area contributed by atoms with Gasteiger partial charge in [-0.15, -0.1) is 0 Å². The summed E-state index contributed by atoms with van der Waals surface area (Å²) in [5, 5.41) is 0. The van der Waals surface area contributed by atoms with Crippen LogP contribution in [0.25, 0.3) is 44.5 Å². The third kappa shape index (κ3) is 10.5. The number of carbonyl (C=O) groups is 1. The molecular weight excluding hydrogens is 1480 g/mol. The summed E-state index contributed by atoms with van der Waals surface area (Å²) in [4.78, 5) is 24.6. The van der Waals surface area contributed by atoms with Crippen LogP contribution >= 0.6 is 0 Å². The topological polar surface area (TPSA) is 51.7 Å². The Morgan fingerprint density at radius 2 is 0.581 bits per heavy atom. The van der Waals surface area contributed by atoms with Gasteiger partial charge in [-0.1, -0.05) is 194 Å². The Bertz CT molecular complexity index is 6930. The number of carbonyl (C=O) groups excluding carboxylic acids is 1. The van der Waals surface area contributed by atoms with Crippen LogP contribution in [0.5, 0.6) is 11.5 Å². The molecule has 117 heavy (non-hydrogen) atoms. The van der Waals surface area contributed by atoms with E-state index in [9.17, 15) is 0 Å². The SMILES string of the molecule is O=C(OCc1ccccc1)c1cc2c3c(c1)N(c1cc(F)cc(F)c1)c1cc4c(cc1B3c1cc(-c3ccccc3)ccc1N2c1cc(F)cc(F)c1)B1c2cc(-c3ccccc3)cc3c2N2c5c(cc(-c6ccccc6)cc5B5c6cc(-c7ccccc7)ccc6N(c6cc(F)cc(F)c6)c6cc(c1c2c65)N4c1cc(F)cc(F)c1)O3. The average molecular weight is 1530 g/mol. The van der Waals surface area contributed by atoms with Crippen LogP contribution in [0.2, 0.25) is 0 Å². The predicted octanol–water partition coefficient (Wildman–Crippen LogP) is 19.7. The van der Waals surface area contributed by atoms with Gasteiger partial charge in [0.25, 0.3) is 20.1 Å². The molecule has 0 spiro atoms. The highest BCUT2D eigenvalue weighted by Crippen LogP contribution is 2.59. The van der Waals surface area contributed by atoms with Crippen molar-refractivity contribution in [3.63, 3.8) is 0 Å². The van der Waals surface area contributed by atoms with E-state index >= 15 is 39.9 Å². The second-order valence-corrected chi connectivity index (χ2v) is 30.5. The summed E-state index contributed by atoms with van der Waals surface area (Å²) < 4.78 is 148. The molecule has 0 fully saturated rings. The van der Waals surface area contributed by atoms with Gasteiger partial charge in [-0.3, -0.25) is 0 Å². The van der Waals surface area contributed by atoms with Gasteiger partial charge in [-0.2, -0.15) is 0 Å². The Morgan fingerprint density at radius 1 is 0.265 bits per heavy atom. The van der Waals surface area contributed by atoms with Crippen molar-refractivity contribution in [3.8, 4) is 56.0 Å². The fraction of sp³-hybridized carbons (Fsp3) is 0.0102. The zero-order valence-electron chi connectivity index (χ0n) is 61.4. The summed E-state index contributed by atoms with van der Waals surface area (Å²) in [6, 6.07) is 91.2. The number of hydrogen-bond acceptors (Lipinski definition) is 8. The molecular formula is C98H54B3F8N5O3.